The van der Waals surface area contributed by atoms with Gasteiger partial charge in [0.15, 0.2) is 5.82 Å². The van der Waals surface area contributed by atoms with Crippen LogP contribution in [0, 0.1) is 15.9 Å². The van der Waals surface area contributed by atoms with Crippen LogP contribution in [0.3, 0.4) is 0 Å². The number of nitrogens with zero attached hydrogens (tertiary/aromatic N) is 1. The molecule has 1 aromatic rings. The summed E-state index contributed by atoms with van der Waals surface area (Å²) in [6, 6.07) is 1.41. The molecule has 0 aliphatic rings. The summed E-state index contributed by atoms with van der Waals surface area (Å²) in [5.74, 6) is 2.25. The Labute approximate surface area is 105 Å². The molecule has 19 heavy (non-hydrogen) atoms. The van der Waals surface area contributed by atoms with Gasteiger partial charge in [0.1, 0.15) is 5.56 Å². The molecule has 10 heteroatoms. The number of nitrogen functional groups attached to an aromatic ring is 1. The number of rotatable bonds is 5. The molecule has 0 saturated carbocycles. The number of benzene rings is 1. The third-order valence-electron chi connectivity index (χ3n) is 2.11. The fourth-order valence-electron chi connectivity index (χ4n) is 1.27. The first-order chi connectivity index (χ1) is 8.86. The van der Waals surface area contributed by atoms with Crippen molar-refractivity contribution in [3.05, 3.63) is 33.6 Å². The zero-order valence-corrected chi connectivity index (χ0v) is 9.47. The Hall–Kier alpha value is -2.75. The van der Waals surface area contributed by atoms with Gasteiger partial charge in [0.2, 0.25) is 5.91 Å². The van der Waals surface area contributed by atoms with Crippen molar-refractivity contribution in [2.24, 2.45) is 11.6 Å². The zero-order chi connectivity index (χ0) is 14.6. The fourth-order valence-corrected chi connectivity index (χ4v) is 1.27. The molecule has 0 fully saturated rings. The Morgan fingerprint density at radius 2 is 2.05 bits per heavy atom. The second kappa shape index (κ2) is 5.73. The lowest BCUT2D eigenvalue weighted by Crippen LogP contribution is -2.33. The van der Waals surface area contributed by atoms with Gasteiger partial charge >= 0.3 is 0 Å². The second-order valence-corrected chi connectivity index (χ2v) is 3.40. The van der Waals surface area contributed by atoms with Crippen LogP contribution in [0.2, 0.25) is 0 Å². The number of nitrogens with one attached hydrogen (secondary N) is 2. The number of primary amides is 1. The molecule has 2 amide bonds. The number of carbonyl (C=O) groups is 2. The summed E-state index contributed by atoms with van der Waals surface area (Å²) in [5.41, 5.74) is 5.28. The SMILES string of the molecule is NNc1cc(C(=O)NCC(N)=O)c([N+](=O)[O-])cc1F. The number of carbonyl (C=O) groups excluding carboxylic acids is 2. The molecule has 0 atom stereocenters. The van der Waals surface area contributed by atoms with Crippen molar-refractivity contribution < 1.29 is 18.9 Å². The predicted octanol–water partition coefficient (Wildman–Crippen LogP) is -0.765. The van der Waals surface area contributed by atoms with Crippen molar-refractivity contribution in [2.45, 2.75) is 0 Å². The third kappa shape index (κ3) is 3.35. The lowest BCUT2D eigenvalue weighted by molar-refractivity contribution is -0.385. The fraction of sp³-hybridized carbons (Fsp3) is 0.111. The third-order valence-corrected chi connectivity index (χ3v) is 2.11. The van der Waals surface area contributed by atoms with E-state index in [1.54, 1.807) is 0 Å². The van der Waals surface area contributed by atoms with Gasteiger partial charge in [0.25, 0.3) is 11.6 Å². The summed E-state index contributed by atoms with van der Waals surface area (Å²) in [4.78, 5) is 32.0. The number of nitro groups is 1. The van der Waals surface area contributed by atoms with E-state index in [9.17, 15) is 24.1 Å². The minimum absolute atomic E-state index is 0.296. The maximum atomic E-state index is 13.3. The van der Waals surface area contributed by atoms with Crippen LogP contribution in [-0.4, -0.2) is 23.3 Å². The molecular weight excluding hydrogens is 261 g/mol. The van der Waals surface area contributed by atoms with E-state index in [1.807, 2.05) is 5.43 Å². The molecule has 1 rings (SSSR count). The van der Waals surface area contributed by atoms with Gasteiger partial charge < -0.3 is 16.5 Å². The number of amides is 2. The van der Waals surface area contributed by atoms with Crippen LogP contribution in [0.15, 0.2) is 12.1 Å². The summed E-state index contributed by atoms with van der Waals surface area (Å²) in [6.07, 6.45) is 0. The summed E-state index contributed by atoms with van der Waals surface area (Å²) in [6.45, 7) is -0.501. The van der Waals surface area contributed by atoms with Gasteiger partial charge in [0.05, 0.1) is 23.2 Å². The maximum Gasteiger partial charge on any atom is 0.285 e. The summed E-state index contributed by atoms with van der Waals surface area (Å²) in [7, 11) is 0. The quantitative estimate of drug-likeness (QED) is 0.313. The Balaban J connectivity index is 3.19. The molecule has 0 saturated heterocycles. The normalized spacial score (nSPS) is 9.79. The van der Waals surface area contributed by atoms with E-state index in [0.717, 1.165) is 6.07 Å². The van der Waals surface area contributed by atoms with Gasteiger partial charge in [-0.1, -0.05) is 0 Å². The lowest BCUT2D eigenvalue weighted by atomic mass is 10.1. The van der Waals surface area contributed by atoms with Crippen LogP contribution in [0.25, 0.3) is 0 Å². The molecule has 9 nitrogen and oxygen atoms in total. The van der Waals surface area contributed by atoms with E-state index >= 15 is 0 Å². The van der Waals surface area contributed by atoms with Crippen molar-refractivity contribution in [1.29, 1.82) is 0 Å². The van der Waals surface area contributed by atoms with E-state index in [4.69, 9.17) is 11.6 Å². The van der Waals surface area contributed by atoms with E-state index < -0.39 is 40.4 Å². The molecule has 6 N–H and O–H groups in total. The van der Waals surface area contributed by atoms with Gasteiger partial charge in [-0.3, -0.25) is 25.5 Å². The number of anilines is 1. The molecular formula is C9H10FN5O4. The smallest absolute Gasteiger partial charge is 0.285 e. The van der Waals surface area contributed by atoms with Gasteiger partial charge in [0, 0.05) is 0 Å². The molecule has 0 aliphatic carbocycles. The van der Waals surface area contributed by atoms with E-state index in [0.29, 0.717) is 6.07 Å². The summed E-state index contributed by atoms with van der Waals surface area (Å²) in [5, 5.41) is 12.8. The van der Waals surface area contributed by atoms with Crippen molar-refractivity contribution in [3.8, 4) is 0 Å². The largest absolute Gasteiger partial charge is 0.368 e. The number of hydrogen-bond acceptors (Lipinski definition) is 6. The summed E-state index contributed by atoms with van der Waals surface area (Å²) >= 11 is 0. The Kier molecular flexibility index (Phi) is 4.32. The van der Waals surface area contributed by atoms with Crippen LogP contribution in [-0.2, 0) is 4.79 Å². The minimum Gasteiger partial charge on any atom is -0.368 e. The molecule has 0 heterocycles. The standard InChI is InChI=1S/C9H10FN5O4/c10-5-2-7(15(18)19)4(1-6(5)14-12)9(17)13-3-8(11)16/h1-2,14H,3,12H2,(H2,11,16)(H,13,17). The van der Waals surface area contributed by atoms with Crippen LogP contribution < -0.4 is 22.3 Å². The molecule has 0 aromatic heterocycles. The second-order valence-electron chi connectivity index (χ2n) is 3.40. The van der Waals surface area contributed by atoms with Crippen molar-refractivity contribution in [1.82, 2.24) is 5.32 Å². The highest BCUT2D eigenvalue weighted by atomic mass is 19.1. The average molecular weight is 271 g/mol. The highest BCUT2D eigenvalue weighted by Crippen LogP contribution is 2.25. The number of hydrazine groups is 1. The van der Waals surface area contributed by atoms with E-state index in [1.165, 1.54) is 0 Å². The van der Waals surface area contributed by atoms with E-state index in [-0.39, 0.29) is 5.69 Å². The van der Waals surface area contributed by atoms with Crippen molar-refractivity contribution in [3.63, 3.8) is 0 Å². The van der Waals surface area contributed by atoms with E-state index in [2.05, 4.69) is 5.32 Å². The molecule has 0 bridgehead atoms. The van der Waals surface area contributed by atoms with Crippen LogP contribution in [0.1, 0.15) is 10.4 Å². The number of hydrogen-bond donors (Lipinski definition) is 4. The molecule has 0 spiro atoms. The lowest BCUT2D eigenvalue weighted by Gasteiger charge is -2.07. The van der Waals surface area contributed by atoms with Gasteiger partial charge in [-0.2, -0.15) is 0 Å². The van der Waals surface area contributed by atoms with Crippen LogP contribution in [0.5, 0.6) is 0 Å². The first-order valence-corrected chi connectivity index (χ1v) is 4.88. The van der Waals surface area contributed by atoms with Crippen LogP contribution >= 0.6 is 0 Å². The highest BCUT2D eigenvalue weighted by molar-refractivity contribution is 6.00. The Morgan fingerprint density at radius 1 is 1.42 bits per heavy atom. The molecule has 0 aliphatic heterocycles. The van der Waals surface area contributed by atoms with Gasteiger partial charge in [-0.25, -0.2) is 4.39 Å². The number of nitro benzene ring substituents is 1. The number of nitrogens with two attached hydrogens (primary N) is 2. The molecule has 102 valence electrons. The first-order valence-electron chi connectivity index (χ1n) is 4.88. The minimum atomic E-state index is -0.986. The zero-order valence-electron chi connectivity index (χ0n) is 9.47. The Morgan fingerprint density at radius 3 is 2.53 bits per heavy atom. The van der Waals surface area contributed by atoms with Gasteiger partial charge in [-0.05, 0) is 6.07 Å². The molecule has 1 aromatic carbocycles. The van der Waals surface area contributed by atoms with Crippen molar-refractivity contribution >= 4 is 23.2 Å². The summed E-state index contributed by atoms with van der Waals surface area (Å²) < 4.78 is 13.3. The number of halogens is 1. The predicted molar refractivity (Wildman–Crippen MR) is 62.4 cm³/mol. The molecule has 0 unspecified atom stereocenters. The topological polar surface area (TPSA) is 153 Å². The first kappa shape index (κ1) is 14.3. The Bertz CT molecular complexity index is 548. The monoisotopic (exact) mass is 271 g/mol. The average Bonchev–Trinajstić information content (AvgIpc) is 2.35. The van der Waals surface area contributed by atoms with Gasteiger partial charge in [-0.15, -0.1) is 0 Å². The highest BCUT2D eigenvalue weighted by Gasteiger charge is 2.23. The van der Waals surface area contributed by atoms with Crippen molar-refractivity contribution in [2.75, 3.05) is 12.0 Å². The van der Waals surface area contributed by atoms with Crippen LogP contribution in [0.4, 0.5) is 15.8 Å². The maximum absolute atomic E-state index is 13.3. The molecule has 0 radical (unpaired) electrons.